The van der Waals surface area contributed by atoms with Crippen molar-refractivity contribution in [3.8, 4) is 5.75 Å². The van der Waals surface area contributed by atoms with Crippen LogP contribution in [0.15, 0.2) is 18.2 Å². The maximum atomic E-state index is 13.0. The van der Waals surface area contributed by atoms with Crippen LogP contribution in [-0.4, -0.2) is 13.5 Å². The fourth-order valence-electron chi connectivity index (χ4n) is 1.24. The Bertz CT molecular complexity index is 336. The summed E-state index contributed by atoms with van der Waals surface area (Å²) in [6.45, 7) is 0. The van der Waals surface area contributed by atoms with E-state index in [0.29, 0.717) is 5.56 Å². The standard InChI is InChI=1S/C10H12F3NO.ClH/c1-15-9-4-6(2-3-7(9)11)8(14)5-10(12)13;/h2-4,8,10H,5,14H2,1H3;1H/t8-;/m1./s1. The van der Waals surface area contributed by atoms with Crippen molar-refractivity contribution in [2.45, 2.75) is 18.9 Å². The summed E-state index contributed by atoms with van der Waals surface area (Å²) in [5, 5.41) is 0. The Morgan fingerprint density at radius 1 is 1.38 bits per heavy atom. The number of hydrogen-bond donors (Lipinski definition) is 1. The van der Waals surface area contributed by atoms with Crippen molar-refractivity contribution >= 4 is 12.4 Å². The van der Waals surface area contributed by atoms with Crippen molar-refractivity contribution in [3.05, 3.63) is 29.6 Å². The molecule has 1 aromatic rings. The molecule has 1 atom stereocenters. The minimum atomic E-state index is -2.48. The molecule has 2 N–H and O–H groups in total. The van der Waals surface area contributed by atoms with E-state index < -0.39 is 24.7 Å². The first-order valence-electron chi connectivity index (χ1n) is 4.41. The summed E-state index contributed by atoms with van der Waals surface area (Å²) in [6, 6.07) is 3.06. The van der Waals surface area contributed by atoms with E-state index in [2.05, 4.69) is 0 Å². The number of rotatable bonds is 4. The van der Waals surface area contributed by atoms with E-state index in [-0.39, 0.29) is 18.2 Å². The first-order chi connectivity index (χ1) is 7.04. The molecule has 0 saturated heterocycles. The fourth-order valence-corrected chi connectivity index (χ4v) is 1.24. The van der Waals surface area contributed by atoms with Gasteiger partial charge in [-0.3, -0.25) is 0 Å². The molecule has 1 rings (SSSR count). The zero-order valence-electron chi connectivity index (χ0n) is 8.62. The second-order valence-corrected chi connectivity index (χ2v) is 3.13. The van der Waals surface area contributed by atoms with Gasteiger partial charge in [-0.2, -0.15) is 0 Å². The van der Waals surface area contributed by atoms with Crippen LogP contribution in [0.3, 0.4) is 0 Å². The highest BCUT2D eigenvalue weighted by Crippen LogP contribution is 2.24. The molecule has 0 bridgehead atoms. The average molecular weight is 256 g/mol. The first kappa shape index (κ1) is 15.1. The largest absolute Gasteiger partial charge is 0.494 e. The predicted octanol–water partition coefficient (Wildman–Crippen LogP) is 2.91. The van der Waals surface area contributed by atoms with Gasteiger partial charge in [0.2, 0.25) is 6.43 Å². The molecule has 16 heavy (non-hydrogen) atoms. The fraction of sp³-hybridized carbons (Fsp3) is 0.400. The van der Waals surface area contributed by atoms with Gasteiger partial charge in [-0.25, -0.2) is 13.2 Å². The third-order valence-electron chi connectivity index (χ3n) is 2.04. The van der Waals surface area contributed by atoms with Gasteiger partial charge in [-0.1, -0.05) is 6.07 Å². The lowest BCUT2D eigenvalue weighted by molar-refractivity contribution is 0.128. The highest BCUT2D eigenvalue weighted by atomic mass is 35.5. The summed E-state index contributed by atoms with van der Waals surface area (Å²) < 4.78 is 41.8. The zero-order chi connectivity index (χ0) is 11.4. The lowest BCUT2D eigenvalue weighted by Crippen LogP contribution is -2.14. The maximum absolute atomic E-state index is 13.0. The van der Waals surface area contributed by atoms with Crippen molar-refractivity contribution in [2.24, 2.45) is 5.73 Å². The van der Waals surface area contributed by atoms with Crippen molar-refractivity contribution in [1.82, 2.24) is 0 Å². The molecule has 92 valence electrons. The zero-order valence-corrected chi connectivity index (χ0v) is 9.44. The molecular formula is C10H13ClF3NO. The van der Waals surface area contributed by atoms with Gasteiger partial charge in [-0.05, 0) is 17.7 Å². The van der Waals surface area contributed by atoms with Crippen LogP contribution in [0.2, 0.25) is 0 Å². The SMILES string of the molecule is COc1cc([C@H](N)CC(F)F)ccc1F.Cl. The number of nitrogens with two attached hydrogens (primary N) is 1. The smallest absolute Gasteiger partial charge is 0.240 e. The third kappa shape index (κ3) is 3.90. The van der Waals surface area contributed by atoms with Gasteiger partial charge in [0, 0.05) is 12.5 Å². The summed E-state index contributed by atoms with van der Waals surface area (Å²) >= 11 is 0. The first-order valence-corrected chi connectivity index (χ1v) is 4.41. The molecule has 0 aliphatic carbocycles. The number of alkyl halides is 2. The topological polar surface area (TPSA) is 35.2 Å². The summed E-state index contributed by atoms with van der Waals surface area (Å²) in [4.78, 5) is 0. The molecule has 0 aliphatic rings. The monoisotopic (exact) mass is 255 g/mol. The number of halogens is 4. The summed E-state index contributed by atoms with van der Waals surface area (Å²) in [5.41, 5.74) is 5.95. The Morgan fingerprint density at radius 3 is 2.50 bits per heavy atom. The van der Waals surface area contributed by atoms with E-state index >= 15 is 0 Å². The molecule has 0 radical (unpaired) electrons. The highest BCUT2D eigenvalue weighted by Gasteiger charge is 2.14. The quantitative estimate of drug-likeness (QED) is 0.898. The molecule has 0 aromatic heterocycles. The normalized spacial score (nSPS) is 12.1. The van der Waals surface area contributed by atoms with E-state index in [9.17, 15) is 13.2 Å². The van der Waals surface area contributed by atoms with E-state index in [1.54, 1.807) is 0 Å². The minimum Gasteiger partial charge on any atom is -0.494 e. The Balaban J connectivity index is 0.00000225. The van der Waals surface area contributed by atoms with Crippen molar-refractivity contribution in [3.63, 3.8) is 0 Å². The molecule has 6 heteroatoms. The van der Waals surface area contributed by atoms with E-state index in [1.807, 2.05) is 0 Å². The van der Waals surface area contributed by atoms with Gasteiger partial charge in [0.05, 0.1) is 7.11 Å². The van der Waals surface area contributed by atoms with Crippen LogP contribution in [-0.2, 0) is 0 Å². The molecule has 0 spiro atoms. The number of hydrogen-bond acceptors (Lipinski definition) is 2. The number of benzene rings is 1. The van der Waals surface area contributed by atoms with Crippen molar-refractivity contribution in [2.75, 3.05) is 7.11 Å². The average Bonchev–Trinajstić information content (AvgIpc) is 2.17. The molecular weight excluding hydrogens is 243 g/mol. The highest BCUT2D eigenvalue weighted by molar-refractivity contribution is 5.85. The summed E-state index contributed by atoms with van der Waals surface area (Å²) in [5.74, 6) is -0.525. The van der Waals surface area contributed by atoms with Gasteiger partial charge >= 0.3 is 0 Å². The Labute approximate surface area is 98.0 Å². The molecule has 0 unspecified atom stereocenters. The maximum Gasteiger partial charge on any atom is 0.240 e. The number of methoxy groups -OCH3 is 1. The molecule has 1 aromatic carbocycles. The lowest BCUT2D eigenvalue weighted by Gasteiger charge is -2.12. The summed E-state index contributed by atoms with van der Waals surface area (Å²) in [7, 11) is 1.31. The minimum absolute atomic E-state index is 0. The number of ether oxygens (including phenoxy) is 1. The van der Waals surface area contributed by atoms with Crippen LogP contribution in [0.4, 0.5) is 13.2 Å². The van der Waals surface area contributed by atoms with Crippen LogP contribution < -0.4 is 10.5 Å². The molecule has 0 amide bonds. The Kier molecular flexibility index (Phi) is 6.21. The van der Waals surface area contributed by atoms with Crippen LogP contribution in [0.1, 0.15) is 18.0 Å². The van der Waals surface area contributed by atoms with E-state index in [0.717, 1.165) is 6.07 Å². The van der Waals surface area contributed by atoms with Crippen molar-refractivity contribution in [1.29, 1.82) is 0 Å². The van der Waals surface area contributed by atoms with Crippen LogP contribution >= 0.6 is 12.4 Å². The van der Waals surface area contributed by atoms with Crippen molar-refractivity contribution < 1.29 is 17.9 Å². The molecule has 0 fully saturated rings. The van der Waals surface area contributed by atoms with Crippen LogP contribution in [0.25, 0.3) is 0 Å². The molecule has 2 nitrogen and oxygen atoms in total. The lowest BCUT2D eigenvalue weighted by atomic mass is 10.0. The Morgan fingerprint density at radius 2 is 2.00 bits per heavy atom. The van der Waals surface area contributed by atoms with E-state index in [4.69, 9.17) is 10.5 Å². The molecule has 0 heterocycles. The van der Waals surface area contributed by atoms with Crippen LogP contribution in [0, 0.1) is 5.82 Å². The van der Waals surface area contributed by atoms with Crippen LogP contribution in [0.5, 0.6) is 5.75 Å². The molecule has 0 saturated carbocycles. The summed E-state index contributed by atoms with van der Waals surface area (Å²) in [6.07, 6.45) is -2.93. The Hall–Kier alpha value is -0.940. The second kappa shape index (κ2) is 6.60. The van der Waals surface area contributed by atoms with Gasteiger partial charge in [-0.15, -0.1) is 12.4 Å². The van der Waals surface area contributed by atoms with Gasteiger partial charge < -0.3 is 10.5 Å². The van der Waals surface area contributed by atoms with E-state index in [1.165, 1.54) is 19.2 Å². The predicted molar refractivity (Wildman–Crippen MR) is 57.7 cm³/mol. The third-order valence-corrected chi connectivity index (χ3v) is 2.04. The molecule has 0 aliphatic heterocycles. The van der Waals surface area contributed by atoms with Gasteiger partial charge in [0.25, 0.3) is 0 Å². The second-order valence-electron chi connectivity index (χ2n) is 3.13. The van der Waals surface area contributed by atoms with Gasteiger partial charge in [0.1, 0.15) is 0 Å². The van der Waals surface area contributed by atoms with Gasteiger partial charge in [0.15, 0.2) is 11.6 Å².